The first-order valence-electron chi connectivity index (χ1n) is 6.90. The molecule has 26 heavy (non-hydrogen) atoms. The predicted molar refractivity (Wildman–Crippen MR) is 79.8 cm³/mol. The van der Waals surface area contributed by atoms with E-state index in [-0.39, 0.29) is 0 Å². The summed E-state index contributed by atoms with van der Waals surface area (Å²) in [5.74, 6) is -7.06. The van der Waals surface area contributed by atoms with E-state index < -0.39 is 54.6 Å². The molecule has 1 aromatic rings. The fourth-order valence-electron chi connectivity index (χ4n) is 1.69. The number of alkyl halides is 6. The van der Waals surface area contributed by atoms with Crippen LogP contribution < -0.4 is 4.90 Å². The molecule has 0 unspecified atom stereocenters. The highest BCUT2D eigenvalue weighted by Gasteiger charge is 2.52. The summed E-state index contributed by atoms with van der Waals surface area (Å²) in [4.78, 5) is 33.6. The standard InChI is InChI=1S/C14H13F6NO4Si/c1-26(2,3)25-10(22)8-5-4-6-9(7-8)21(11(23)13(15,16)17)12(24)14(18,19)20/h4-7H,1-3H3. The fraction of sp³-hybridized carbons (Fsp3) is 0.357. The van der Waals surface area contributed by atoms with Crippen LogP contribution in [-0.4, -0.2) is 38.5 Å². The van der Waals surface area contributed by atoms with Gasteiger partial charge in [-0.05, 0) is 37.8 Å². The maximum absolute atomic E-state index is 12.6. The summed E-state index contributed by atoms with van der Waals surface area (Å²) in [6.45, 7) is 4.88. The molecule has 0 heterocycles. The van der Waals surface area contributed by atoms with Crippen molar-refractivity contribution in [3.05, 3.63) is 29.8 Å². The average molecular weight is 401 g/mol. The van der Waals surface area contributed by atoms with Gasteiger partial charge in [0.1, 0.15) is 0 Å². The highest BCUT2D eigenvalue weighted by molar-refractivity contribution is 6.71. The first-order chi connectivity index (χ1) is 11.5. The van der Waals surface area contributed by atoms with Crippen molar-refractivity contribution in [2.45, 2.75) is 32.0 Å². The van der Waals surface area contributed by atoms with Gasteiger partial charge >= 0.3 is 30.1 Å². The molecule has 5 nitrogen and oxygen atoms in total. The minimum Gasteiger partial charge on any atom is -0.516 e. The van der Waals surface area contributed by atoms with Gasteiger partial charge in [-0.1, -0.05) is 6.07 Å². The molecule has 0 saturated heterocycles. The predicted octanol–water partition coefficient (Wildman–Crippen LogP) is 3.66. The van der Waals surface area contributed by atoms with Crippen LogP contribution in [0, 0.1) is 0 Å². The summed E-state index contributed by atoms with van der Waals surface area (Å²) in [5, 5.41) is 0. The third-order valence-corrected chi connectivity index (χ3v) is 3.43. The molecule has 1 rings (SSSR count). The molecule has 0 N–H and O–H groups in total. The lowest BCUT2D eigenvalue weighted by molar-refractivity contribution is -0.181. The minimum absolute atomic E-state index is 0.403. The van der Waals surface area contributed by atoms with Crippen LogP contribution >= 0.6 is 0 Å². The first-order valence-corrected chi connectivity index (χ1v) is 10.3. The Morgan fingerprint density at radius 3 is 1.77 bits per heavy atom. The van der Waals surface area contributed by atoms with Crippen LogP contribution in [0.1, 0.15) is 10.4 Å². The molecule has 2 amide bonds. The summed E-state index contributed by atoms with van der Waals surface area (Å²) in [5.41, 5.74) is -1.46. The normalized spacial score (nSPS) is 12.5. The maximum Gasteiger partial charge on any atom is 0.472 e. The van der Waals surface area contributed by atoms with Crippen molar-refractivity contribution in [3.8, 4) is 0 Å². The van der Waals surface area contributed by atoms with E-state index in [0.717, 1.165) is 12.1 Å². The molecule has 0 aliphatic rings. The summed E-state index contributed by atoms with van der Waals surface area (Å²) in [7, 11) is -2.41. The molecule has 144 valence electrons. The van der Waals surface area contributed by atoms with Crippen molar-refractivity contribution in [1.29, 1.82) is 0 Å². The first kappa shape index (κ1) is 21.7. The SMILES string of the molecule is C[Si](C)(C)OC(=O)c1cccc(N(C(=O)C(F)(F)F)C(=O)C(F)(F)F)c1. The molecule has 0 spiro atoms. The third kappa shape index (κ3) is 5.57. The second-order valence-electron chi connectivity index (χ2n) is 5.99. The van der Waals surface area contributed by atoms with Crippen LogP contribution in [0.3, 0.4) is 0 Å². The number of nitrogens with zero attached hydrogens (tertiary/aromatic N) is 1. The number of carbonyl (C=O) groups is 3. The van der Waals surface area contributed by atoms with E-state index in [4.69, 9.17) is 4.43 Å². The van der Waals surface area contributed by atoms with Crippen molar-refractivity contribution in [1.82, 2.24) is 0 Å². The number of halogens is 6. The van der Waals surface area contributed by atoms with Gasteiger partial charge in [-0.3, -0.25) is 9.59 Å². The van der Waals surface area contributed by atoms with E-state index in [2.05, 4.69) is 0 Å². The van der Waals surface area contributed by atoms with E-state index in [9.17, 15) is 40.7 Å². The number of benzene rings is 1. The Bertz CT molecular complexity index is 697. The number of carbonyl (C=O) groups excluding carboxylic acids is 3. The minimum atomic E-state index is -5.74. The molecule has 0 atom stereocenters. The molecule has 1 aromatic carbocycles. The number of amides is 2. The fourth-order valence-corrected chi connectivity index (χ4v) is 2.36. The second kappa shape index (κ2) is 7.09. The molecule has 0 saturated carbocycles. The van der Waals surface area contributed by atoms with Crippen LogP contribution in [0.5, 0.6) is 0 Å². The van der Waals surface area contributed by atoms with Gasteiger partial charge in [0.05, 0.1) is 11.3 Å². The summed E-state index contributed by atoms with van der Waals surface area (Å²) in [6.07, 6.45) is -11.5. The van der Waals surface area contributed by atoms with Crippen LogP contribution in [0.15, 0.2) is 24.3 Å². The third-order valence-electron chi connectivity index (χ3n) is 2.63. The zero-order valence-electron chi connectivity index (χ0n) is 13.7. The molecular formula is C14H13F6NO4Si. The molecular weight excluding hydrogens is 388 g/mol. The Kier molecular flexibility index (Phi) is 5.91. The highest BCUT2D eigenvalue weighted by Crippen LogP contribution is 2.29. The van der Waals surface area contributed by atoms with Gasteiger partial charge in [0.2, 0.25) is 8.32 Å². The van der Waals surface area contributed by atoms with E-state index in [1.807, 2.05) is 0 Å². The Morgan fingerprint density at radius 2 is 1.38 bits per heavy atom. The molecule has 0 aliphatic heterocycles. The number of hydrogen-bond donors (Lipinski definition) is 0. The van der Waals surface area contributed by atoms with Crippen LogP contribution in [0.4, 0.5) is 32.0 Å². The number of anilines is 1. The molecule has 0 bridgehead atoms. The molecule has 0 fully saturated rings. The summed E-state index contributed by atoms with van der Waals surface area (Å²) >= 11 is 0. The van der Waals surface area contributed by atoms with Crippen LogP contribution in [0.2, 0.25) is 19.6 Å². The smallest absolute Gasteiger partial charge is 0.472 e. The lowest BCUT2D eigenvalue weighted by atomic mass is 10.2. The van der Waals surface area contributed by atoms with E-state index in [0.29, 0.717) is 12.1 Å². The van der Waals surface area contributed by atoms with E-state index in [1.54, 1.807) is 19.6 Å². The zero-order chi connectivity index (χ0) is 20.5. The van der Waals surface area contributed by atoms with Crippen molar-refractivity contribution >= 4 is 31.8 Å². The average Bonchev–Trinajstić information content (AvgIpc) is 2.44. The zero-order valence-corrected chi connectivity index (χ0v) is 14.7. The van der Waals surface area contributed by atoms with Gasteiger partial charge in [0.15, 0.2) is 0 Å². The van der Waals surface area contributed by atoms with Gasteiger partial charge in [-0.25, -0.2) is 9.69 Å². The molecule has 12 heteroatoms. The number of hydrogen-bond acceptors (Lipinski definition) is 4. The lowest BCUT2D eigenvalue weighted by Crippen LogP contribution is -2.50. The van der Waals surface area contributed by atoms with E-state index in [1.165, 1.54) is 0 Å². The highest BCUT2D eigenvalue weighted by atomic mass is 28.4. The van der Waals surface area contributed by atoms with Gasteiger partial charge in [-0.15, -0.1) is 0 Å². The van der Waals surface area contributed by atoms with Gasteiger partial charge < -0.3 is 4.43 Å². The van der Waals surface area contributed by atoms with Crippen molar-refractivity contribution < 1.29 is 45.2 Å². The monoisotopic (exact) mass is 401 g/mol. The van der Waals surface area contributed by atoms with Gasteiger partial charge in [0, 0.05) is 0 Å². The Hall–Kier alpha value is -2.37. The lowest BCUT2D eigenvalue weighted by Gasteiger charge is -2.23. The summed E-state index contributed by atoms with van der Waals surface area (Å²) < 4.78 is 80.8. The summed E-state index contributed by atoms with van der Waals surface area (Å²) in [6, 6.07) is 3.21. The van der Waals surface area contributed by atoms with E-state index >= 15 is 0 Å². The Morgan fingerprint density at radius 1 is 0.923 bits per heavy atom. The largest absolute Gasteiger partial charge is 0.516 e. The molecule has 0 radical (unpaired) electrons. The van der Waals surface area contributed by atoms with Gasteiger partial charge in [0.25, 0.3) is 0 Å². The van der Waals surface area contributed by atoms with Crippen molar-refractivity contribution in [2.24, 2.45) is 0 Å². The van der Waals surface area contributed by atoms with Crippen molar-refractivity contribution in [2.75, 3.05) is 4.90 Å². The Labute approximate surface area is 144 Å². The van der Waals surface area contributed by atoms with Crippen molar-refractivity contribution in [3.63, 3.8) is 0 Å². The number of rotatable bonds is 3. The molecule has 0 aliphatic carbocycles. The Balaban J connectivity index is 3.40. The maximum atomic E-state index is 12.6. The topological polar surface area (TPSA) is 63.7 Å². The van der Waals surface area contributed by atoms with Gasteiger partial charge in [-0.2, -0.15) is 26.3 Å². The van der Waals surface area contributed by atoms with Crippen LogP contribution in [0.25, 0.3) is 0 Å². The molecule has 0 aromatic heterocycles. The van der Waals surface area contributed by atoms with Crippen LogP contribution in [-0.2, 0) is 14.0 Å². The quantitative estimate of drug-likeness (QED) is 0.573. The number of imide groups is 1. The second-order valence-corrected chi connectivity index (χ2v) is 10.4.